The number of benzene rings is 2. The van der Waals surface area contributed by atoms with Crippen LogP contribution in [0, 0.1) is 10.1 Å². The van der Waals surface area contributed by atoms with E-state index >= 15 is 0 Å². The van der Waals surface area contributed by atoms with E-state index in [1.807, 2.05) is 18.2 Å². The first-order chi connectivity index (χ1) is 14.7. The van der Waals surface area contributed by atoms with Gasteiger partial charge in [0.05, 0.1) is 19.1 Å². The monoisotopic (exact) mass is 476 g/mol. The van der Waals surface area contributed by atoms with Gasteiger partial charge in [0.1, 0.15) is 6.33 Å². The Morgan fingerprint density at radius 1 is 1.16 bits per heavy atom. The van der Waals surface area contributed by atoms with Crippen molar-refractivity contribution >= 4 is 57.1 Å². The number of amides is 1. The average Bonchev–Trinajstić information content (AvgIpc) is 3.28. The van der Waals surface area contributed by atoms with E-state index in [4.69, 9.17) is 14.0 Å². The number of carbonyl (C=O) groups is 1. The molecule has 0 aliphatic heterocycles. The minimum absolute atomic E-state index is 0. The van der Waals surface area contributed by atoms with Crippen LogP contribution in [0.1, 0.15) is 0 Å². The number of nitro benzene ring substituents is 1. The van der Waals surface area contributed by atoms with Gasteiger partial charge in [0, 0.05) is 5.69 Å². The van der Waals surface area contributed by atoms with Gasteiger partial charge < -0.3 is 14.8 Å². The number of methoxy groups -OCH3 is 2. The molecular weight excluding hydrogens is 459 g/mol. The van der Waals surface area contributed by atoms with Gasteiger partial charge in [-0.1, -0.05) is 18.2 Å². The van der Waals surface area contributed by atoms with Crippen molar-refractivity contribution in [2.24, 2.45) is 0 Å². The second-order valence-electron chi connectivity index (χ2n) is 5.43. The Morgan fingerprint density at radius 2 is 1.81 bits per heavy atom. The van der Waals surface area contributed by atoms with Gasteiger partial charge in [-0.15, -0.1) is 9.78 Å². The van der Waals surface area contributed by atoms with Crippen molar-refractivity contribution in [3.05, 3.63) is 58.9 Å². The van der Waals surface area contributed by atoms with Crippen LogP contribution in [-0.2, 0) is 10.1 Å². The molecule has 1 amide bonds. The average molecular weight is 476 g/mol. The molecule has 0 unspecified atom stereocenters. The van der Waals surface area contributed by atoms with Crippen molar-refractivity contribution < 1.29 is 32.2 Å². The third-order valence-electron chi connectivity index (χ3n) is 3.53. The number of nitrogens with one attached hydrogen (secondary N) is 1. The first-order valence-corrected chi connectivity index (χ1v) is 9.59. The summed E-state index contributed by atoms with van der Waals surface area (Å²) < 4.78 is 41.4. The molecule has 0 bridgehead atoms. The van der Waals surface area contributed by atoms with Gasteiger partial charge in [0.15, 0.2) is 10.6 Å². The molecule has 166 valence electrons. The molecule has 14 nitrogen and oxygen atoms in total. The van der Waals surface area contributed by atoms with Crippen LogP contribution in [0.2, 0.25) is 0 Å². The number of ether oxygens (including phenoxy) is 2. The zero-order valence-corrected chi connectivity index (χ0v) is 16.9. The number of hydrogen-bond acceptors (Lipinski definition) is 10. The molecule has 0 aliphatic rings. The molecule has 0 saturated carbocycles. The number of rotatable bonds is 5. The van der Waals surface area contributed by atoms with E-state index in [0.29, 0.717) is 5.69 Å². The number of nitrogens with zero attached hydrogens (tertiary/aromatic N) is 5. The van der Waals surface area contributed by atoms with Crippen molar-refractivity contribution in [1.82, 2.24) is 20.2 Å². The van der Waals surface area contributed by atoms with Gasteiger partial charge in [0.2, 0.25) is 5.75 Å². The van der Waals surface area contributed by atoms with Crippen molar-refractivity contribution in [2.75, 3.05) is 19.5 Å². The van der Waals surface area contributed by atoms with Crippen LogP contribution in [0.3, 0.4) is 0 Å². The van der Waals surface area contributed by atoms with Crippen LogP contribution in [0.5, 0.6) is 11.5 Å². The van der Waals surface area contributed by atoms with Crippen molar-refractivity contribution in [3.63, 3.8) is 0 Å². The summed E-state index contributed by atoms with van der Waals surface area (Å²) >= 11 is 0. The Morgan fingerprint density at radius 3 is 2.28 bits per heavy atom. The molecule has 0 atom stereocenters. The van der Waals surface area contributed by atoms with Gasteiger partial charge in [-0.2, -0.15) is 8.42 Å². The van der Waals surface area contributed by atoms with E-state index in [1.165, 1.54) is 13.4 Å². The summed E-state index contributed by atoms with van der Waals surface area (Å²) in [5.41, 5.74) is -0.164. The van der Waals surface area contributed by atoms with Crippen molar-refractivity contribution in [1.29, 1.82) is 0 Å². The molecule has 3 aromatic rings. The summed E-state index contributed by atoms with van der Waals surface area (Å²) in [6.45, 7) is 0. The van der Waals surface area contributed by atoms with Gasteiger partial charge in [-0.3, -0.25) is 14.7 Å². The third-order valence-corrected chi connectivity index (χ3v) is 4.41. The molecule has 16 heteroatoms. The molecular formula is C16H17N6NaO8S. The summed E-state index contributed by atoms with van der Waals surface area (Å²) in [6.07, 6.45) is 1.23. The van der Waals surface area contributed by atoms with Crippen molar-refractivity contribution in [3.8, 4) is 11.5 Å². The SMILES string of the molecule is COc1ccc(S(=O)(=O)O)c([N+](=O)[O-])c1OC.O=C(Nc1ccccc1)n1cnnn1.[NaH]. The quantitative estimate of drug-likeness (QED) is 0.175. The number of nitro groups is 1. The van der Waals surface area contributed by atoms with Crippen molar-refractivity contribution in [2.45, 2.75) is 4.90 Å². The van der Waals surface area contributed by atoms with Gasteiger partial charge >= 0.3 is 51.4 Å². The number of para-hydroxylation sites is 1. The molecule has 1 aromatic heterocycles. The normalized spacial score (nSPS) is 10.1. The molecule has 3 rings (SSSR count). The summed E-state index contributed by atoms with van der Waals surface area (Å²) in [7, 11) is -2.34. The Labute approximate surface area is 203 Å². The number of tetrazole rings is 1. The number of hydrogen-bond donors (Lipinski definition) is 2. The number of anilines is 1. The Bertz CT molecular complexity index is 1160. The maximum atomic E-state index is 11.4. The Hall–Kier alpha value is -3.11. The van der Waals surface area contributed by atoms with E-state index in [2.05, 4.69) is 20.8 Å². The summed E-state index contributed by atoms with van der Waals surface area (Å²) in [6, 6.07) is 10.7. The van der Waals surface area contributed by atoms with Crippen LogP contribution < -0.4 is 14.8 Å². The standard InChI is InChI=1S/C8H7N5O.C8H9NO7S.Na.H/c14-8(13-6-9-11-12-13)10-7-4-2-1-3-5-7;1-15-5-3-4-6(17(12,13)14)7(9(10)11)8(5)16-2;;/h1-6H,(H,10,14);3-4H,1-2H3,(H,12,13,14);;. The first kappa shape index (κ1) is 26.9. The minimum atomic E-state index is -4.71. The van der Waals surface area contributed by atoms with E-state index in [-0.39, 0.29) is 47.1 Å². The third kappa shape index (κ3) is 6.96. The maximum absolute atomic E-state index is 11.4. The summed E-state index contributed by atoms with van der Waals surface area (Å²) in [5, 5.41) is 23.6. The van der Waals surface area contributed by atoms with E-state index < -0.39 is 25.6 Å². The topological polar surface area (TPSA) is 189 Å². The summed E-state index contributed by atoms with van der Waals surface area (Å²) in [5.74, 6) is -0.376. The summed E-state index contributed by atoms with van der Waals surface area (Å²) in [4.78, 5) is 20.4. The predicted octanol–water partition coefficient (Wildman–Crippen LogP) is 0.963. The number of aromatic nitrogens is 4. The number of carbonyl (C=O) groups excluding carboxylic acids is 1. The zero-order chi connectivity index (χ0) is 23.0. The fourth-order valence-electron chi connectivity index (χ4n) is 2.23. The second kappa shape index (κ2) is 12.1. The molecule has 0 saturated heterocycles. The molecule has 0 fully saturated rings. The molecule has 2 N–H and O–H groups in total. The fourth-order valence-corrected chi connectivity index (χ4v) is 2.88. The van der Waals surface area contributed by atoms with Crippen LogP contribution in [0.4, 0.5) is 16.2 Å². The van der Waals surface area contributed by atoms with Crippen LogP contribution in [-0.4, -0.2) is 87.9 Å². The first-order valence-electron chi connectivity index (χ1n) is 8.15. The van der Waals surface area contributed by atoms with Gasteiger partial charge in [-0.25, -0.2) is 4.79 Å². The van der Waals surface area contributed by atoms with E-state index in [1.54, 1.807) is 12.1 Å². The van der Waals surface area contributed by atoms with E-state index in [9.17, 15) is 23.3 Å². The van der Waals surface area contributed by atoms with E-state index in [0.717, 1.165) is 23.9 Å². The fraction of sp³-hybridized carbons (Fsp3) is 0.125. The molecule has 1 heterocycles. The molecule has 0 aliphatic carbocycles. The Kier molecular flexibility index (Phi) is 10.1. The zero-order valence-electron chi connectivity index (χ0n) is 16.1. The van der Waals surface area contributed by atoms with Crippen LogP contribution in [0.15, 0.2) is 53.7 Å². The predicted molar refractivity (Wildman–Crippen MR) is 112 cm³/mol. The van der Waals surface area contributed by atoms with Gasteiger partial charge in [-0.05, 0) is 34.7 Å². The molecule has 32 heavy (non-hydrogen) atoms. The molecule has 2 aromatic carbocycles. The molecule has 0 spiro atoms. The van der Waals surface area contributed by atoms with Crippen LogP contribution >= 0.6 is 0 Å². The van der Waals surface area contributed by atoms with Gasteiger partial charge in [0.25, 0.3) is 0 Å². The second-order valence-corrected chi connectivity index (χ2v) is 6.82. The molecule has 0 radical (unpaired) electrons. The van der Waals surface area contributed by atoms with Crippen LogP contribution in [0.25, 0.3) is 0 Å². The Balaban J connectivity index is 0.000000315.